The SMILES string of the molecule is COc1ccc(COC(=O)c2cccc(O)c2)cc1F. The van der Waals surface area contributed by atoms with Gasteiger partial charge in [-0.05, 0) is 35.9 Å². The van der Waals surface area contributed by atoms with Crippen LogP contribution >= 0.6 is 0 Å². The number of ether oxygens (including phenoxy) is 2. The number of methoxy groups -OCH3 is 1. The zero-order valence-corrected chi connectivity index (χ0v) is 10.8. The third kappa shape index (κ3) is 3.26. The monoisotopic (exact) mass is 276 g/mol. The minimum Gasteiger partial charge on any atom is -0.508 e. The maximum absolute atomic E-state index is 13.5. The highest BCUT2D eigenvalue weighted by Gasteiger charge is 2.09. The van der Waals surface area contributed by atoms with Crippen molar-refractivity contribution in [2.45, 2.75) is 6.61 Å². The lowest BCUT2D eigenvalue weighted by Crippen LogP contribution is -2.05. The van der Waals surface area contributed by atoms with Crippen molar-refractivity contribution >= 4 is 5.97 Å². The van der Waals surface area contributed by atoms with Crippen molar-refractivity contribution < 1.29 is 23.8 Å². The van der Waals surface area contributed by atoms with E-state index < -0.39 is 11.8 Å². The number of rotatable bonds is 4. The van der Waals surface area contributed by atoms with Crippen LogP contribution in [-0.4, -0.2) is 18.2 Å². The van der Waals surface area contributed by atoms with Crippen LogP contribution in [0.4, 0.5) is 4.39 Å². The van der Waals surface area contributed by atoms with E-state index in [0.717, 1.165) is 0 Å². The minimum absolute atomic E-state index is 0.0186. The van der Waals surface area contributed by atoms with Gasteiger partial charge >= 0.3 is 5.97 Å². The molecule has 1 N–H and O–H groups in total. The van der Waals surface area contributed by atoms with E-state index >= 15 is 0 Å². The fourth-order valence-electron chi connectivity index (χ4n) is 1.66. The molecule has 0 bridgehead atoms. The average Bonchev–Trinajstić information content (AvgIpc) is 2.45. The average molecular weight is 276 g/mol. The summed E-state index contributed by atoms with van der Waals surface area (Å²) < 4.78 is 23.3. The summed E-state index contributed by atoms with van der Waals surface area (Å²) in [6.07, 6.45) is 0. The van der Waals surface area contributed by atoms with Crippen LogP contribution in [0.5, 0.6) is 11.5 Å². The molecule has 2 rings (SSSR count). The Morgan fingerprint density at radius 1 is 1.25 bits per heavy atom. The molecule has 0 radical (unpaired) electrons. The van der Waals surface area contributed by atoms with Gasteiger partial charge in [-0.25, -0.2) is 9.18 Å². The Bertz CT molecular complexity index is 625. The Morgan fingerprint density at radius 3 is 2.70 bits per heavy atom. The van der Waals surface area contributed by atoms with Crippen LogP contribution in [0.25, 0.3) is 0 Å². The summed E-state index contributed by atoms with van der Waals surface area (Å²) in [6.45, 7) is -0.0601. The fraction of sp³-hybridized carbons (Fsp3) is 0.133. The number of halogens is 1. The van der Waals surface area contributed by atoms with Gasteiger partial charge < -0.3 is 14.6 Å². The number of esters is 1. The van der Waals surface area contributed by atoms with Gasteiger partial charge in [0.2, 0.25) is 0 Å². The number of hydrogen-bond acceptors (Lipinski definition) is 4. The normalized spacial score (nSPS) is 10.1. The van der Waals surface area contributed by atoms with E-state index in [-0.39, 0.29) is 23.7 Å². The first kappa shape index (κ1) is 13.9. The Balaban J connectivity index is 2.02. The van der Waals surface area contributed by atoms with Gasteiger partial charge in [-0.2, -0.15) is 0 Å². The van der Waals surface area contributed by atoms with Gasteiger partial charge in [0, 0.05) is 0 Å². The van der Waals surface area contributed by atoms with Gasteiger partial charge in [0.15, 0.2) is 11.6 Å². The predicted molar refractivity (Wildman–Crippen MR) is 70.2 cm³/mol. The highest BCUT2D eigenvalue weighted by Crippen LogP contribution is 2.19. The topological polar surface area (TPSA) is 55.8 Å². The quantitative estimate of drug-likeness (QED) is 0.872. The first-order valence-electron chi connectivity index (χ1n) is 5.88. The molecule has 20 heavy (non-hydrogen) atoms. The minimum atomic E-state index is -0.586. The summed E-state index contributed by atoms with van der Waals surface area (Å²) >= 11 is 0. The van der Waals surface area contributed by atoms with Gasteiger partial charge in [0.05, 0.1) is 12.7 Å². The zero-order valence-electron chi connectivity index (χ0n) is 10.8. The number of phenols is 1. The molecule has 0 heterocycles. The summed E-state index contributed by atoms with van der Waals surface area (Å²) in [5.41, 5.74) is 0.746. The number of carbonyl (C=O) groups excluding carboxylic acids is 1. The van der Waals surface area contributed by atoms with Crippen molar-refractivity contribution in [3.05, 3.63) is 59.4 Å². The van der Waals surface area contributed by atoms with Crippen molar-refractivity contribution in [1.82, 2.24) is 0 Å². The maximum atomic E-state index is 13.5. The first-order valence-corrected chi connectivity index (χ1v) is 5.88. The molecule has 0 aliphatic carbocycles. The summed E-state index contributed by atoms with van der Waals surface area (Å²) in [5.74, 6) is -0.987. The third-order valence-electron chi connectivity index (χ3n) is 2.67. The van der Waals surface area contributed by atoms with E-state index in [1.165, 1.54) is 37.4 Å². The summed E-state index contributed by atoms with van der Waals surface area (Å²) in [6, 6.07) is 10.1. The van der Waals surface area contributed by atoms with Crippen LogP contribution in [0.2, 0.25) is 0 Å². The lowest BCUT2D eigenvalue weighted by atomic mass is 10.2. The molecule has 104 valence electrons. The van der Waals surface area contributed by atoms with E-state index in [1.807, 2.05) is 0 Å². The van der Waals surface area contributed by atoms with E-state index in [2.05, 4.69) is 0 Å². The van der Waals surface area contributed by atoms with Crippen molar-refractivity contribution in [2.75, 3.05) is 7.11 Å². The van der Waals surface area contributed by atoms with E-state index in [0.29, 0.717) is 5.56 Å². The molecular formula is C15H13FO4. The van der Waals surface area contributed by atoms with Crippen molar-refractivity contribution in [2.24, 2.45) is 0 Å². The maximum Gasteiger partial charge on any atom is 0.338 e. The summed E-state index contributed by atoms with van der Waals surface area (Å²) in [5, 5.41) is 9.27. The molecule has 0 spiro atoms. The van der Waals surface area contributed by atoms with Gasteiger partial charge in [-0.1, -0.05) is 12.1 Å². The lowest BCUT2D eigenvalue weighted by molar-refractivity contribution is 0.0472. The van der Waals surface area contributed by atoms with Gasteiger partial charge in [0.25, 0.3) is 0 Å². The predicted octanol–water partition coefficient (Wildman–Crippen LogP) is 2.90. The second-order valence-corrected chi connectivity index (χ2v) is 4.10. The van der Waals surface area contributed by atoms with Crippen LogP contribution in [-0.2, 0) is 11.3 Å². The van der Waals surface area contributed by atoms with Gasteiger partial charge in [0.1, 0.15) is 12.4 Å². The molecule has 5 heteroatoms. The number of hydrogen-bond donors (Lipinski definition) is 1. The van der Waals surface area contributed by atoms with E-state index in [4.69, 9.17) is 9.47 Å². The highest BCUT2D eigenvalue weighted by molar-refractivity contribution is 5.89. The zero-order chi connectivity index (χ0) is 14.5. The molecule has 0 saturated carbocycles. The van der Waals surface area contributed by atoms with E-state index in [9.17, 15) is 14.3 Å². The van der Waals surface area contributed by atoms with Crippen LogP contribution in [0, 0.1) is 5.82 Å². The van der Waals surface area contributed by atoms with Crippen LogP contribution in [0.1, 0.15) is 15.9 Å². The molecule has 0 amide bonds. The Kier molecular flexibility index (Phi) is 4.20. The Hall–Kier alpha value is -2.56. The molecule has 0 saturated heterocycles. The molecule has 0 aliphatic heterocycles. The number of benzene rings is 2. The number of aromatic hydroxyl groups is 1. The number of phenolic OH excluding ortho intramolecular Hbond substituents is 1. The molecule has 0 fully saturated rings. The van der Waals surface area contributed by atoms with E-state index in [1.54, 1.807) is 12.1 Å². The van der Waals surface area contributed by atoms with Crippen LogP contribution in [0.15, 0.2) is 42.5 Å². The molecule has 0 atom stereocenters. The Labute approximate surface area is 115 Å². The van der Waals surface area contributed by atoms with Gasteiger partial charge in [-0.15, -0.1) is 0 Å². The second kappa shape index (κ2) is 6.06. The fourth-order valence-corrected chi connectivity index (χ4v) is 1.66. The largest absolute Gasteiger partial charge is 0.508 e. The third-order valence-corrected chi connectivity index (χ3v) is 2.67. The number of carbonyl (C=O) groups is 1. The summed E-state index contributed by atoms with van der Waals surface area (Å²) in [7, 11) is 1.37. The molecule has 0 aromatic heterocycles. The van der Waals surface area contributed by atoms with Crippen LogP contribution in [0.3, 0.4) is 0 Å². The van der Waals surface area contributed by atoms with Crippen molar-refractivity contribution in [3.8, 4) is 11.5 Å². The molecule has 0 aliphatic rings. The highest BCUT2D eigenvalue weighted by atomic mass is 19.1. The first-order chi connectivity index (χ1) is 9.60. The van der Waals surface area contributed by atoms with Crippen molar-refractivity contribution in [1.29, 1.82) is 0 Å². The molecule has 0 unspecified atom stereocenters. The Morgan fingerprint density at radius 2 is 2.05 bits per heavy atom. The molecular weight excluding hydrogens is 263 g/mol. The molecule has 2 aromatic rings. The standard InChI is InChI=1S/C15H13FO4/c1-19-14-6-5-10(7-13(14)16)9-20-15(18)11-3-2-4-12(17)8-11/h2-8,17H,9H2,1H3. The lowest BCUT2D eigenvalue weighted by Gasteiger charge is -2.07. The van der Waals surface area contributed by atoms with Gasteiger partial charge in [-0.3, -0.25) is 0 Å². The van der Waals surface area contributed by atoms with Crippen LogP contribution < -0.4 is 4.74 Å². The summed E-state index contributed by atoms with van der Waals surface area (Å²) in [4.78, 5) is 11.7. The second-order valence-electron chi connectivity index (χ2n) is 4.10. The van der Waals surface area contributed by atoms with Crippen molar-refractivity contribution in [3.63, 3.8) is 0 Å². The smallest absolute Gasteiger partial charge is 0.338 e. The molecule has 4 nitrogen and oxygen atoms in total. The molecule has 2 aromatic carbocycles.